The molecule has 0 spiro atoms. The van der Waals surface area contributed by atoms with Crippen LogP contribution in [0.5, 0.6) is 0 Å². The Bertz CT molecular complexity index is 978. The lowest BCUT2D eigenvalue weighted by Crippen LogP contribution is -2.14. The van der Waals surface area contributed by atoms with E-state index < -0.39 is 5.97 Å². The number of carbonyl (C=O) groups excluding carboxylic acids is 2. The number of benzene rings is 2. The van der Waals surface area contributed by atoms with Crippen molar-refractivity contribution in [2.24, 2.45) is 0 Å². The predicted octanol–water partition coefficient (Wildman–Crippen LogP) is 3.64. The number of nitrogens with one attached hydrogen (secondary N) is 1. The van der Waals surface area contributed by atoms with Gasteiger partial charge in [0, 0.05) is 22.7 Å². The van der Waals surface area contributed by atoms with Crippen molar-refractivity contribution < 1.29 is 14.3 Å². The van der Waals surface area contributed by atoms with Gasteiger partial charge in [-0.3, -0.25) is 4.79 Å². The van der Waals surface area contributed by atoms with Gasteiger partial charge in [-0.25, -0.2) is 4.79 Å². The monoisotopic (exact) mass is 332 g/mol. The molecule has 0 atom stereocenters. The first-order valence-corrected chi connectivity index (χ1v) is 7.93. The normalized spacial score (nSPS) is 10.4. The number of carbonyl (C=O) groups is 2. The first kappa shape index (κ1) is 16.5. The summed E-state index contributed by atoms with van der Waals surface area (Å²) in [6.07, 6.45) is 2.51. The van der Waals surface area contributed by atoms with E-state index in [-0.39, 0.29) is 12.4 Å². The van der Waals surface area contributed by atoms with E-state index >= 15 is 0 Å². The van der Waals surface area contributed by atoms with Crippen molar-refractivity contribution in [3.8, 4) is 6.07 Å². The number of hydrogen-bond acceptors (Lipinski definition) is 4. The van der Waals surface area contributed by atoms with E-state index in [1.807, 2.05) is 24.3 Å². The number of para-hydroxylation sites is 1. The number of ether oxygens (including phenoxy) is 1. The first-order chi connectivity index (χ1) is 12.1. The maximum Gasteiger partial charge on any atom is 0.338 e. The van der Waals surface area contributed by atoms with Crippen LogP contribution in [-0.2, 0) is 11.2 Å². The summed E-state index contributed by atoms with van der Waals surface area (Å²) >= 11 is 0. The van der Waals surface area contributed by atoms with E-state index in [4.69, 9.17) is 10.00 Å². The Hall–Kier alpha value is -3.39. The largest absolute Gasteiger partial charge is 0.454 e. The van der Waals surface area contributed by atoms with Gasteiger partial charge in [0.05, 0.1) is 17.2 Å². The van der Waals surface area contributed by atoms with Crippen molar-refractivity contribution in [2.75, 3.05) is 6.61 Å². The second-order valence-corrected chi connectivity index (χ2v) is 5.58. The molecule has 5 heteroatoms. The van der Waals surface area contributed by atoms with Gasteiger partial charge in [0.25, 0.3) is 0 Å². The number of esters is 1. The van der Waals surface area contributed by atoms with E-state index in [0.717, 1.165) is 22.9 Å². The zero-order chi connectivity index (χ0) is 17.8. The van der Waals surface area contributed by atoms with Gasteiger partial charge in [-0.2, -0.15) is 5.26 Å². The fourth-order valence-corrected chi connectivity index (χ4v) is 2.72. The molecule has 1 aromatic heterocycles. The molecule has 3 aromatic rings. The van der Waals surface area contributed by atoms with Gasteiger partial charge in [-0.15, -0.1) is 0 Å². The number of aromatic nitrogens is 1. The maximum absolute atomic E-state index is 12.4. The van der Waals surface area contributed by atoms with Crippen molar-refractivity contribution in [1.29, 1.82) is 5.26 Å². The quantitative estimate of drug-likeness (QED) is 0.571. The fraction of sp³-hybridized carbons (Fsp3) is 0.150. The first-order valence-electron chi connectivity index (χ1n) is 7.93. The SMILES string of the molecule is CCc1cccc2c(C(=O)COC(=O)c3ccc(C#N)cc3)c[nH]c12. The molecule has 0 aliphatic carbocycles. The summed E-state index contributed by atoms with van der Waals surface area (Å²) in [5, 5.41) is 9.59. The van der Waals surface area contributed by atoms with E-state index in [1.54, 1.807) is 6.20 Å². The zero-order valence-corrected chi connectivity index (χ0v) is 13.7. The molecule has 0 saturated heterocycles. The van der Waals surface area contributed by atoms with Gasteiger partial charge in [0.15, 0.2) is 6.61 Å². The summed E-state index contributed by atoms with van der Waals surface area (Å²) in [7, 11) is 0. The van der Waals surface area contributed by atoms with Crippen molar-refractivity contribution in [3.05, 3.63) is 70.9 Å². The van der Waals surface area contributed by atoms with Crippen LogP contribution in [0, 0.1) is 11.3 Å². The van der Waals surface area contributed by atoms with Crippen LogP contribution < -0.4 is 0 Å². The summed E-state index contributed by atoms with van der Waals surface area (Å²) in [5.74, 6) is -0.853. The molecular formula is C20H16N2O3. The number of Topliss-reactive ketones (excluding diaryl/α,β-unsaturated/α-hetero) is 1. The smallest absolute Gasteiger partial charge is 0.338 e. The molecular weight excluding hydrogens is 316 g/mol. The highest BCUT2D eigenvalue weighted by Crippen LogP contribution is 2.22. The summed E-state index contributed by atoms with van der Waals surface area (Å²) in [6, 6.07) is 13.9. The third-order valence-electron chi connectivity index (χ3n) is 4.07. The summed E-state index contributed by atoms with van der Waals surface area (Å²) < 4.78 is 5.11. The number of aryl methyl sites for hydroxylation is 1. The lowest BCUT2D eigenvalue weighted by molar-refractivity contribution is 0.0475. The summed E-state index contributed by atoms with van der Waals surface area (Å²) in [5.41, 5.74) is 3.34. The molecule has 0 radical (unpaired) electrons. The molecule has 0 amide bonds. The molecule has 2 aromatic carbocycles. The third-order valence-corrected chi connectivity index (χ3v) is 4.07. The number of hydrogen-bond donors (Lipinski definition) is 1. The molecule has 0 aliphatic heterocycles. The number of H-pyrrole nitrogens is 1. The number of fused-ring (bicyclic) bond motifs is 1. The Kier molecular flexibility index (Phi) is 4.62. The molecule has 0 bridgehead atoms. The van der Waals surface area contributed by atoms with Gasteiger partial charge in [-0.05, 0) is 36.2 Å². The Morgan fingerprint density at radius 3 is 2.60 bits per heavy atom. The van der Waals surface area contributed by atoms with Crippen LogP contribution in [0.4, 0.5) is 0 Å². The number of ketones is 1. The molecule has 124 valence electrons. The standard InChI is InChI=1S/C20H16N2O3/c1-2-14-4-3-5-16-17(11-22-19(14)16)18(23)12-25-20(24)15-8-6-13(10-21)7-9-15/h3-9,11,22H,2,12H2,1H3. The molecule has 25 heavy (non-hydrogen) atoms. The van der Waals surface area contributed by atoms with Crippen LogP contribution in [0.25, 0.3) is 10.9 Å². The average molecular weight is 332 g/mol. The van der Waals surface area contributed by atoms with Gasteiger partial charge in [0.1, 0.15) is 0 Å². The molecule has 1 heterocycles. The summed E-state index contributed by atoms with van der Waals surface area (Å²) in [4.78, 5) is 27.6. The van der Waals surface area contributed by atoms with E-state index in [1.165, 1.54) is 24.3 Å². The van der Waals surface area contributed by atoms with Crippen molar-refractivity contribution in [3.63, 3.8) is 0 Å². The molecule has 0 unspecified atom stereocenters. The van der Waals surface area contributed by atoms with E-state index in [0.29, 0.717) is 16.7 Å². The van der Waals surface area contributed by atoms with Crippen LogP contribution in [0.3, 0.4) is 0 Å². The number of rotatable bonds is 5. The van der Waals surface area contributed by atoms with Gasteiger partial charge < -0.3 is 9.72 Å². The Morgan fingerprint density at radius 2 is 1.92 bits per heavy atom. The minimum absolute atomic E-state index is 0.263. The lowest BCUT2D eigenvalue weighted by Gasteiger charge is -2.04. The van der Waals surface area contributed by atoms with Crippen LogP contribution >= 0.6 is 0 Å². The van der Waals surface area contributed by atoms with Crippen molar-refractivity contribution in [1.82, 2.24) is 4.98 Å². The van der Waals surface area contributed by atoms with Crippen molar-refractivity contribution in [2.45, 2.75) is 13.3 Å². The molecule has 0 aliphatic rings. The number of nitrogens with zero attached hydrogens (tertiary/aromatic N) is 1. The van der Waals surface area contributed by atoms with E-state index in [2.05, 4.69) is 11.9 Å². The third kappa shape index (κ3) is 3.29. The second kappa shape index (κ2) is 7.02. The number of aromatic amines is 1. The average Bonchev–Trinajstić information content (AvgIpc) is 3.10. The van der Waals surface area contributed by atoms with Crippen molar-refractivity contribution >= 4 is 22.7 Å². The highest BCUT2D eigenvalue weighted by atomic mass is 16.5. The molecule has 5 nitrogen and oxygen atoms in total. The van der Waals surface area contributed by atoms with Crippen LogP contribution in [0.15, 0.2) is 48.7 Å². The summed E-state index contributed by atoms with van der Waals surface area (Å²) in [6.45, 7) is 1.72. The topological polar surface area (TPSA) is 82.9 Å². The highest BCUT2D eigenvalue weighted by Gasteiger charge is 2.16. The zero-order valence-electron chi connectivity index (χ0n) is 13.7. The van der Waals surface area contributed by atoms with E-state index in [9.17, 15) is 9.59 Å². The minimum atomic E-state index is -0.591. The van der Waals surface area contributed by atoms with Gasteiger partial charge in [-0.1, -0.05) is 25.1 Å². The maximum atomic E-state index is 12.4. The van der Waals surface area contributed by atoms with Gasteiger partial charge >= 0.3 is 5.97 Å². The van der Waals surface area contributed by atoms with Crippen LogP contribution in [0.2, 0.25) is 0 Å². The Balaban J connectivity index is 1.72. The van der Waals surface area contributed by atoms with Crippen LogP contribution in [0.1, 0.15) is 38.8 Å². The minimum Gasteiger partial charge on any atom is -0.454 e. The second-order valence-electron chi connectivity index (χ2n) is 5.58. The van der Waals surface area contributed by atoms with Gasteiger partial charge in [0.2, 0.25) is 5.78 Å². The number of nitriles is 1. The predicted molar refractivity (Wildman–Crippen MR) is 93.4 cm³/mol. The molecule has 0 fully saturated rings. The molecule has 0 saturated carbocycles. The lowest BCUT2D eigenvalue weighted by atomic mass is 10.1. The fourth-order valence-electron chi connectivity index (χ4n) is 2.72. The molecule has 1 N–H and O–H groups in total. The van der Waals surface area contributed by atoms with Crippen LogP contribution in [-0.4, -0.2) is 23.3 Å². The highest BCUT2D eigenvalue weighted by molar-refractivity contribution is 6.09. The molecule has 3 rings (SSSR count). The Morgan fingerprint density at radius 1 is 1.16 bits per heavy atom. The Labute approximate surface area is 144 Å².